The van der Waals surface area contributed by atoms with E-state index in [2.05, 4.69) is 15.5 Å². The highest BCUT2D eigenvalue weighted by atomic mass is 19.4. The summed E-state index contributed by atoms with van der Waals surface area (Å²) in [6.45, 7) is 6.36. The van der Waals surface area contributed by atoms with Crippen molar-refractivity contribution in [3.8, 4) is 17.1 Å². The van der Waals surface area contributed by atoms with Crippen LogP contribution in [0.25, 0.3) is 11.4 Å². The van der Waals surface area contributed by atoms with Gasteiger partial charge < -0.3 is 24.3 Å². The maximum Gasteiger partial charge on any atom is 0.416 e. The molecule has 2 heterocycles. The van der Waals surface area contributed by atoms with Crippen LogP contribution in [-0.2, 0) is 37.5 Å². The summed E-state index contributed by atoms with van der Waals surface area (Å²) >= 11 is 0. The van der Waals surface area contributed by atoms with E-state index in [1.165, 1.54) is 12.1 Å². The molecule has 12 heteroatoms. The number of fused-ring (bicyclic) bond motifs is 1. The van der Waals surface area contributed by atoms with Gasteiger partial charge in [-0.05, 0) is 92.9 Å². The van der Waals surface area contributed by atoms with Gasteiger partial charge in [0.2, 0.25) is 0 Å². The van der Waals surface area contributed by atoms with E-state index in [0.29, 0.717) is 42.4 Å². The summed E-state index contributed by atoms with van der Waals surface area (Å²) in [6.07, 6.45) is -4.19. The summed E-state index contributed by atoms with van der Waals surface area (Å²) in [5.41, 5.74) is 2.46. The van der Waals surface area contributed by atoms with Crippen LogP contribution in [0.3, 0.4) is 0 Å². The number of halogens is 3. The molecular formula is C32H32F3N5O4. The topological polar surface area (TPSA) is 98.6 Å². The first kappa shape index (κ1) is 30.6. The van der Waals surface area contributed by atoms with Crippen LogP contribution in [0.2, 0.25) is 0 Å². The standard InChI is InChI=1S/C32H32F3N5O4/c1-31(2,3)44-30(42)40-15-14-21-16-22(8-9-23(21)18-40)29(41)36-25-12-10-20(11-13-25)28-38-37-27(39(28)4)19-43-26-7-5-6-24(17-26)32(33,34)35/h5-13,16-17H,14-15,18-19H2,1-4H3,(H,36,41). The highest BCUT2D eigenvalue weighted by Crippen LogP contribution is 2.31. The molecule has 230 valence electrons. The van der Waals surface area contributed by atoms with Crippen molar-refractivity contribution in [3.63, 3.8) is 0 Å². The summed E-state index contributed by atoms with van der Waals surface area (Å²) in [5.74, 6) is 0.769. The third kappa shape index (κ3) is 7.19. The lowest BCUT2D eigenvalue weighted by Crippen LogP contribution is -2.39. The minimum absolute atomic E-state index is 0.0707. The number of alkyl halides is 3. The Morgan fingerprint density at radius 3 is 2.41 bits per heavy atom. The van der Waals surface area contributed by atoms with Gasteiger partial charge in [0.15, 0.2) is 11.6 Å². The Morgan fingerprint density at radius 2 is 1.70 bits per heavy atom. The number of rotatable bonds is 6. The molecule has 0 spiro atoms. The number of aromatic nitrogens is 3. The molecule has 9 nitrogen and oxygen atoms in total. The molecule has 1 aliphatic rings. The molecule has 0 unspecified atom stereocenters. The molecule has 1 aromatic heterocycles. The highest BCUT2D eigenvalue weighted by molar-refractivity contribution is 6.04. The van der Waals surface area contributed by atoms with Gasteiger partial charge in [0.1, 0.15) is 18.0 Å². The van der Waals surface area contributed by atoms with Gasteiger partial charge >= 0.3 is 12.3 Å². The summed E-state index contributed by atoms with van der Waals surface area (Å²) in [7, 11) is 1.73. The van der Waals surface area contributed by atoms with Crippen molar-refractivity contribution in [3.05, 3.63) is 94.8 Å². The fourth-order valence-corrected chi connectivity index (χ4v) is 4.73. The van der Waals surface area contributed by atoms with Crippen LogP contribution in [0, 0.1) is 0 Å². The molecule has 1 aliphatic heterocycles. The van der Waals surface area contributed by atoms with Crippen LogP contribution in [0.1, 0.15) is 53.6 Å². The van der Waals surface area contributed by atoms with Crippen LogP contribution < -0.4 is 10.1 Å². The summed E-state index contributed by atoms with van der Waals surface area (Å²) in [6, 6.07) is 17.2. The van der Waals surface area contributed by atoms with E-state index in [9.17, 15) is 22.8 Å². The Morgan fingerprint density at radius 1 is 0.955 bits per heavy atom. The number of ether oxygens (including phenoxy) is 2. The third-order valence-corrected chi connectivity index (χ3v) is 7.03. The van der Waals surface area contributed by atoms with Gasteiger partial charge in [-0.2, -0.15) is 13.2 Å². The number of hydrogen-bond acceptors (Lipinski definition) is 6. The second-order valence-corrected chi connectivity index (χ2v) is 11.5. The SMILES string of the molecule is Cn1c(COc2cccc(C(F)(F)F)c2)nnc1-c1ccc(NC(=O)c2ccc3c(c2)CCN(C(=O)OC(C)(C)C)C3)cc1. The van der Waals surface area contributed by atoms with Crippen LogP contribution >= 0.6 is 0 Å². The fourth-order valence-electron chi connectivity index (χ4n) is 4.73. The fraction of sp³-hybridized carbons (Fsp3) is 0.312. The van der Waals surface area contributed by atoms with Crippen molar-refractivity contribution in [1.82, 2.24) is 19.7 Å². The Kier molecular flexibility index (Phi) is 8.36. The van der Waals surface area contributed by atoms with E-state index in [0.717, 1.165) is 28.8 Å². The minimum Gasteiger partial charge on any atom is -0.486 e. The Hall–Kier alpha value is -4.87. The lowest BCUT2D eigenvalue weighted by molar-refractivity contribution is -0.137. The first-order chi connectivity index (χ1) is 20.8. The van der Waals surface area contributed by atoms with E-state index in [4.69, 9.17) is 9.47 Å². The smallest absolute Gasteiger partial charge is 0.416 e. The Labute approximate surface area is 252 Å². The van der Waals surface area contributed by atoms with Crippen LogP contribution in [-0.4, -0.2) is 43.8 Å². The quantitative estimate of drug-likeness (QED) is 0.264. The van der Waals surface area contributed by atoms with Gasteiger partial charge in [-0.3, -0.25) is 4.79 Å². The molecular weight excluding hydrogens is 575 g/mol. The van der Waals surface area contributed by atoms with Gasteiger partial charge in [-0.25, -0.2) is 4.79 Å². The first-order valence-electron chi connectivity index (χ1n) is 14.0. The second-order valence-electron chi connectivity index (χ2n) is 11.5. The Bertz CT molecular complexity index is 1680. The van der Waals surface area contributed by atoms with Gasteiger partial charge in [-0.1, -0.05) is 12.1 Å². The first-order valence-corrected chi connectivity index (χ1v) is 14.0. The van der Waals surface area contributed by atoms with E-state index in [1.807, 2.05) is 32.9 Å². The molecule has 0 aliphatic carbocycles. The monoisotopic (exact) mass is 607 g/mol. The van der Waals surface area contributed by atoms with Gasteiger partial charge in [-0.15, -0.1) is 10.2 Å². The number of nitrogens with zero attached hydrogens (tertiary/aromatic N) is 4. The summed E-state index contributed by atoms with van der Waals surface area (Å²) in [4.78, 5) is 27.1. The van der Waals surface area contributed by atoms with Crippen molar-refractivity contribution < 1.29 is 32.2 Å². The van der Waals surface area contributed by atoms with E-state index < -0.39 is 17.3 Å². The molecule has 0 radical (unpaired) electrons. The van der Waals surface area contributed by atoms with Gasteiger partial charge in [0.05, 0.1) is 5.56 Å². The molecule has 44 heavy (non-hydrogen) atoms. The third-order valence-electron chi connectivity index (χ3n) is 7.03. The molecule has 1 N–H and O–H groups in total. The maximum atomic E-state index is 13.0. The lowest BCUT2D eigenvalue weighted by Gasteiger charge is -2.31. The van der Waals surface area contributed by atoms with Crippen molar-refractivity contribution in [1.29, 1.82) is 0 Å². The molecule has 2 amide bonds. The molecule has 3 aromatic carbocycles. The van der Waals surface area contributed by atoms with Crippen molar-refractivity contribution >= 4 is 17.7 Å². The van der Waals surface area contributed by atoms with Gasteiger partial charge in [0.25, 0.3) is 5.91 Å². The molecule has 4 aromatic rings. The second kappa shape index (κ2) is 12.0. The summed E-state index contributed by atoms with van der Waals surface area (Å²) in [5, 5.41) is 11.2. The van der Waals surface area contributed by atoms with Crippen molar-refractivity contribution in [2.45, 2.75) is 52.1 Å². The minimum atomic E-state index is -4.46. The molecule has 0 saturated carbocycles. The average molecular weight is 608 g/mol. The number of amides is 2. The van der Waals surface area contributed by atoms with Crippen LogP contribution in [0.5, 0.6) is 5.75 Å². The van der Waals surface area contributed by atoms with E-state index in [1.54, 1.807) is 46.8 Å². The highest BCUT2D eigenvalue weighted by Gasteiger charge is 2.31. The van der Waals surface area contributed by atoms with Crippen LogP contribution in [0.15, 0.2) is 66.7 Å². The van der Waals surface area contributed by atoms with E-state index in [-0.39, 0.29) is 24.4 Å². The largest absolute Gasteiger partial charge is 0.486 e. The van der Waals surface area contributed by atoms with E-state index >= 15 is 0 Å². The number of hydrogen-bond donors (Lipinski definition) is 1. The maximum absolute atomic E-state index is 13.0. The summed E-state index contributed by atoms with van der Waals surface area (Å²) < 4.78 is 51.7. The molecule has 0 bridgehead atoms. The van der Waals surface area contributed by atoms with Crippen molar-refractivity contribution in [2.24, 2.45) is 7.05 Å². The molecule has 5 rings (SSSR count). The van der Waals surface area contributed by atoms with Crippen LogP contribution in [0.4, 0.5) is 23.7 Å². The van der Waals surface area contributed by atoms with Crippen molar-refractivity contribution in [2.75, 3.05) is 11.9 Å². The lowest BCUT2D eigenvalue weighted by atomic mass is 9.97. The molecule has 0 atom stereocenters. The number of anilines is 1. The predicted molar refractivity (Wildman–Crippen MR) is 157 cm³/mol. The number of carbonyl (C=O) groups is 2. The normalized spacial score (nSPS) is 13.3. The Balaban J connectivity index is 1.19. The predicted octanol–water partition coefficient (Wildman–Crippen LogP) is 6.63. The zero-order valence-corrected chi connectivity index (χ0v) is 24.7. The number of nitrogens with one attached hydrogen (secondary N) is 1. The number of benzene rings is 3. The number of carbonyl (C=O) groups excluding carboxylic acids is 2. The van der Waals surface area contributed by atoms with Gasteiger partial charge in [0, 0.05) is 37.0 Å². The molecule has 0 fully saturated rings. The zero-order chi connectivity index (χ0) is 31.6. The average Bonchev–Trinajstić information content (AvgIpc) is 3.34. The molecule has 0 saturated heterocycles. The zero-order valence-electron chi connectivity index (χ0n) is 24.7.